The number of ether oxygens (including phenoxy) is 4. The first kappa shape index (κ1) is 25.5. The number of rotatable bonds is 10. The molecule has 11 heteroatoms. The van der Waals surface area contributed by atoms with E-state index in [4.69, 9.17) is 18.9 Å². The van der Waals surface area contributed by atoms with E-state index in [1.807, 2.05) is 0 Å². The number of halogens is 2. The van der Waals surface area contributed by atoms with Crippen LogP contribution in [-0.2, 0) is 14.3 Å². The number of aromatic nitrogens is 1. The number of nitrogens with one attached hydrogen (secondary N) is 1. The zero-order chi connectivity index (χ0) is 24.5. The summed E-state index contributed by atoms with van der Waals surface area (Å²) in [4.78, 5) is 40.3. The molecule has 0 aliphatic rings. The van der Waals surface area contributed by atoms with Crippen molar-refractivity contribution in [2.24, 2.45) is 0 Å². The summed E-state index contributed by atoms with van der Waals surface area (Å²) in [5.41, 5.74) is -0.338. The van der Waals surface area contributed by atoms with E-state index >= 15 is 0 Å². The van der Waals surface area contributed by atoms with Crippen LogP contribution in [0.3, 0.4) is 0 Å². The van der Waals surface area contributed by atoms with E-state index in [1.165, 1.54) is 33.2 Å². The van der Waals surface area contributed by atoms with Crippen molar-refractivity contribution in [1.82, 2.24) is 10.3 Å². The highest BCUT2D eigenvalue weighted by Crippen LogP contribution is 2.29. The van der Waals surface area contributed by atoms with E-state index in [-0.39, 0.29) is 17.2 Å². The Morgan fingerprint density at radius 3 is 2.30 bits per heavy atom. The van der Waals surface area contributed by atoms with Gasteiger partial charge in [-0.3, -0.25) is 9.59 Å². The summed E-state index contributed by atoms with van der Waals surface area (Å²) >= 11 is 0. The van der Waals surface area contributed by atoms with Crippen LogP contribution in [0.15, 0.2) is 42.6 Å². The molecule has 0 bridgehead atoms. The minimum atomic E-state index is -3.04. The van der Waals surface area contributed by atoms with E-state index < -0.39 is 42.5 Å². The van der Waals surface area contributed by atoms with Crippen molar-refractivity contribution in [3.63, 3.8) is 0 Å². The van der Waals surface area contributed by atoms with Crippen LogP contribution in [0.1, 0.15) is 31.3 Å². The maximum absolute atomic E-state index is 13.5. The lowest BCUT2D eigenvalue weighted by Crippen LogP contribution is -2.45. The Balaban J connectivity index is 2.09. The lowest BCUT2D eigenvalue weighted by Gasteiger charge is -2.25. The summed E-state index contributed by atoms with van der Waals surface area (Å²) in [6.45, 7) is 3.71. The Morgan fingerprint density at radius 2 is 1.73 bits per heavy atom. The average Bonchev–Trinajstić information content (AvgIpc) is 2.77. The van der Waals surface area contributed by atoms with Crippen LogP contribution < -0.4 is 19.5 Å². The number of alkyl halides is 2. The van der Waals surface area contributed by atoms with E-state index in [1.54, 1.807) is 30.3 Å². The molecule has 1 N–H and O–H groups in total. The minimum Gasteiger partial charge on any atom is -0.493 e. The number of amides is 1. The fourth-order valence-electron chi connectivity index (χ4n) is 2.69. The molecule has 0 aliphatic heterocycles. The number of hydrogen-bond donors (Lipinski definition) is 1. The zero-order valence-corrected chi connectivity index (χ0v) is 18.4. The van der Waals surface area contributed by atoms with Crippen LogP contribution in [0.2, 0.25) is 0 Å². The fraction of sp³-hybridized carbons (Fsp3) is 0.364. The van der Waals surface area contributed by atoms with Gasteiger partial charge in [0.15, 0.2) is 17.5 Å². The Bertz CT molecular complexity index is 972. The number of nitrogens with zero attached hydrogens (tertiary/aromatic N) is 1. The summed E-state index contributed by atoms with van der Waals surface area (Å²) in [6.07, 6.45) is -4.86. The zero-order valence-electron chi connectivity index (χ0n) is 18.4. The van der Waals surface area contributed by atoms with Gasteiger partial charge in [0.05, 0.1) is 7.11 Å². The second-order valence-electron chi connectivity index (χ2n) is 6.85. The van der Waals surface area contributed by atoms with Gasteiger partial charge in [-0.25, -0.2) is 18.6 Å². The van der Waals surface area contributed by atoms with Crippen molar-refractivity contribution in [2.45, 2.75) is 45.4 Å². The first-order chi connectivity index (χ1) is 15.6. The number of esters is 2. The normalized spacial score (nSPS) is 13.4. The number of para-hydroxylation sites is 1. The lowest BCUT2D eigenvalue weighted by atomic mass is 10.2. The first-order valence-electron chi connectivity index (χ1n) is 9.86. The van der Waals surface area contributed by atoms with Crippen molar-refractivity contribution >= 4 is 17.8 Å². The second-order valence-corrected chi connectivity index (χ2v) is 6.85. The molecule has 2 rings (SSSR count). The number of pyridine rings is 1. The van der Waals surface area contributed by atoms with E-state index in [9.17, 15) is 23.2 Å². The van der Waals surface area contributed by atoms with E-state index in [0.29, 0.717) is 5.75 Å². The lowest BCUT2D eigenvalue weighted by molar-refractivity contribution is -0.167. The Hall–Kier alpha value is -3.76. The molecule has 1 aromatic heterocycles. The van der Waals surface area contributed by atoms with Gasteiger partial charge in [0, 0.05) is 19.2 Å². The molecule has 178 valence electrons. The largest absolute Gasteiger partial charge is 0.493 e. The Labute approximate surface area is 189 Å². The van der Waals surface area contributed by atoms with Crippen molar-refractivity contribution in [3.8, 4) is 17.2 Å². The van der Waals surface area contributed by atoms with Crippen LogP contribution in [0, 0.1) is 0 Å². The average molecular weight is 466 g/mol. The summed E-state index contributed by atoms with van der Waals surface area (Å²) in [5.74, 6) is -2.61. The van der Waals surface area contributed by atoms with Gasteiger partial charge in [-0.2, -0.15) is 0 Å². The van der Waals surface area contributed by atoms with E-state index in [2.05, 4.69) is 10.3 Å². The molecule has 0 radical (unpaired) electrons. The minimum absolute atomic E-state index is 0.0604. The predicted molar refractivity (Wildman–Crippen MR) is 111 cm³/mol. The summed E-state index contributed by atoms with van der Waals surface area (Å²) in [5, 5.41) is 2.29. The number of methoxy groups -OCH3 is 1. The first-order valence-corrected chi connectivity index (χ1v) is 9.86. The molecule has 3 atom stereocenters. The van der Waals surface area contributed by atoms with Gasteiger partial charge in [0.2, 0.25) is 5.75 Å². The summed E-state index contributed by atoms with van der Waals surface area (Å²) in [6, 6.07) is 8.25. The molecule has 33 heavy (non-hydrogen) atoms. The summed E-state index contributed by atoms with van der Waals surface area (Å²) in [7, 11) is 1.30. The molecule has 1 heterocycles. The van der Waals surface area contributed by atoms with Crippen molar-refractivity contribution in [3.05, 3.63) is 48.3 Å². The van der Waals surface area contributed by atoms with Crippen molar-refractivity contribution in [1.29, 1.82) is 0 Å². The number of hydrogen-bond acceptors (Lipinski definition) is 8. The molecular formula is C22H24F2N2O7. The SMILES string of the molecule is COc1ccnc(C(=O)N[C@@H](C)C(=O)OC(C(F)F)[C@H](C)Oc2ccccc2)c1OC(C)=O. The molecule has 0 saturated carbocycles. The molecule has 0 saturated heterocycles. The van der Waals surface area contributed by atoms with Crippen LogP contribution in [0.5, 0.6) is 17.2 Å². The van der Waals surface area contributed by atoms with E-state index in [0.717, 1.165) is 6.92 Å². The monoisotopic (exact) mass is 466 g/mol. The van der Waals surface area contributed by atoms with Crippen LogP contribution in [0.4, 0.5) is 8.78 Å². The third-order valence-corrected chi connectivity index (χ3v) is 4.28. The molecule has 9 nitrogen and oxygen atoms in total. The standard InChI is InChI=1S/C22H24F2N2O7/c1-12(26-21(28)17-19(32-14(3)27)16(30-4)10-11-25-17)22(29)33-18(20(23)24)13(2)31-15-8-6-5-7-9-15/h5-13,18,20H,1-4H3,(H,26,28)/t12-,13-,18?/m0/s1. The third-order valence-electron chi connectivity index (χ3n) is 4.28. The highest BCUT2D eigenvalue weighted by molar-refractivity contribution is 5.98. The maximum Gasteiger partial charge on any atom is 0.328 e. The van der Waals surface area contributed by atoms with Gasteiger partial charge in [-0.05, 0) is 26.0 Å². The quantitative estimate of drug-likeness (QED) is 0.532. The smallest absolute Gasteiger partial charge is 0.328 e. The highest BCUT2D eigenvalue weighted by atomic mass is 19.3. The molecule has 0 spiro atoms. The van der Waals surface area contributed by atoms with Crippen LogP contribution in [-0.4, -0.2) is 54.6 Å². The number of carbonyl (C=O) groups excluding carboxylic acids is 3. The highest BCUT2D eigenvalue weighted by Gasteiger charge is 2.34. The second kappa shape index (κ2) is 11.7. The number of carbonyl (C=O) groups is 3. The molecular weight excluding hydrogens is 442 g/mol. The van der Waals surface area contributed by atoms with Gasteiger partial charge in [0.1, 0.15) is 17.9 Å². The molecule has 2 aromatic rings. The van der Waals surface area contributed by atoms with Crippen LogP contribution >= 0.6 is 0 Å². The maximum atomic E-state index is 13.5. The molecule has 0 aliphatic carbocycles. The Kier molecular flexibility index (Phi) is 9.08. The van der Waals surface area contributed by atoms with Gasteiger partial charge in [0.25, 0.3) is 12.3 Å². The van der Waals surface area contributed by atoms with Gasteiger partial charge < -0.3 is 24.3 Å². The Morgan fingerprint density at radius 1 is 1.06 bits per heavy atom. The molecule has 1 amide bonds. The molecule has 1 aromatic carbocycles. The third kappa shape index (κ3) is 7.13. The molecule has 1 unspecified atom stereocenters. The fourth-order valence-corrected chi connectivity index (χ4v) is 2.69. The van der Waals surface area contributed by atoms with Crippen molar-refractivity contribution < 1.29 is 42.1 Å². The van der Waals surface area contributed by atoms with Gasteiger partial charge in [-0.15, -0.1) is 0 Å². The molecule has 0 fully saturated rings. The van der Waals surface area contributed by atoms with Gasteiger partial charge >= 0.3 is 11.9 Å². The van der Waals surface area contributed by atoms with Crippen molar-refractivity contribution in [2.75, 3.05) is 7.11 Å². The summed E-state index contributed by atoms with van der Waals surface area (Å²) < 4.78 is 47.5. The van der Waals surface area contributed by atoms with Gasteiger partial charge in [-0.1, -0.05) is 18.2 Å². The van der Waals surface area contributed by atoms with Crippen LogP contribution in [0.25, 0.3) is 0 Å². The number of benzene rings is 1. The predicted octanol–water partition coefficient (Wildman–Crippen LogP) is 2.78. The topological polar surface area (TPSA) is 113 Å².